The molecule has 3 heterocycles. The molecule has 2 aromatic heterocycles. The number of nitrogens with two attached hydrogens (primary N) is 1. The van der Waals surface area contributed by atoms with Gasteiger partial charge in [-0.1, -0.05) is 12.1 Å². The van der Waals surface area contributed by atoms with Crippen molar-refractivity contribution in [3.05, 3.63) is 66.4 Å². The molecule has 28 heavy (non-hydrogen) atoms. The minimum atomic E-state index is 0.0795. The topological polar surface area (TPSA) is 77.0 Å². The molecule has 6 heteroatoms. The van der Waals surface area contributed by atoms with Crippen molar-refractivity contribution >= 4 is 11.7 Å². The SMILES string of the molecule is Cc1ccc(-c2cccc(C(=O)N3CCCC(Cn4ccnc4)C3)c2)c(N)n1. The van der Waals surface area contributed by atoms with E-state index in [9.17, 15) is 4.79 Å². The maximum absolute atomic E-state index is 13.1. The number of amides is 1. The predicted octanol–water partition coefficient (Wildman–Crippen LogP) is 3.39. The van der Waals surface area contributed by atoms with Crippen LogP contribution in [0.25, 0.3) is 11.1 Å². The van der Waals surface area contributed by atoms with Crippen molar-refractivity contribution in [3.63, 3.8) is 0 Å². The van der Waals surface area contributed by atoms with Crippen LogP contribution in [0.15, 0.2) is 55.1 Å². The van der Waals surface area contributed by atoms with Crippen LogP contribution in [0.5, 0.6) is 0 Å². The molecule has 1 aliphatic rings. The number of pyridine rings is 1. The highest BCUT2D eigenvalue weighted by Gasteiger charge is 2.25. The number of likely N-dealkylation sites (tertiary alicyclic amines) is 1. The van der Waals surface area contributed by atoms with Gasteiger partial charge in [-0.05, 0) is 55.5 Å². The summed E-state index contributed by atoms with van der Waals surface area (Å²) in [5.74, 6) is 1.02. The highest BCUT2D eigenvalue weighted by atomic mass is 16.2. The first kappa shape index (κ1) is 18.2. The minimum absolute atomic E-state index is 0.0795. The Morgan fingerprint density at radius 1 is 1.29 bits per heavy atom. The second-order valence-electron chi connectivity index (χ2n) is 7.49. The van der Waals surface area contributed by atoms with Gasteiger partial charge < -0.3 is 15.2 Å². The van der Waals surface area contributed by atoms with Crippen LogP contribution in [0, 0.1) is 12.8 Å². The van der Waals surface area contributed by atoms with Crippen molar-refractivity contribution < 1.29 is 4.79 Å². The minimum Gasteiger partial charge on any atom is -0.383 e. The number of rotatable bonds is 4. The monoisotopic (exact) mass is 375 g/mol. The van der Waals surface area contributed by atoms with Crippen LogP contribution < -0.4 is 5.73 Å². The van der Waals surface area contributed by atoms with E-state index in [2.05, 4.69) is 14.5 Å². The smallest absolute Gasteiger partial charge is 0.253 e. The van der Waals surface area contributed by atoms with Crippen molar-refractivity contribution in [2.45, 2.75) is 26.3 Å². The number of imidazole rings is 1. The summed E-state index contributed by atoms with van der Waals surface area (Å²) in [5.41, 5.74) is 9.44. The average Bonchev–Trinajstić information content (AvgIpc) is 3.21. The summed E-state index contributed by atoms with van der Waals surface area (Å²) < 4.78 is 2.09. The van der Waals surface area contributed by atoms with E-state index >= 15 is 0 Å². The van der Waals surface area contributed by atoms with Gasteiger partial charge in [-0.25, -0.2) is 9.97 Å². The maximum atomic E-state index is 13.1. The predicted molar refractivity (Wildman–Crippen MR) is 110 cm³/mol. The molecule has 1 aliphatic heterocycles. The van der Waals surface area contributed by atoms with Gasteiger partial charge in [0.25, 0.3) is 5.91 Å². The lowest BCUT2D eigenvalue weighted by Crippen LogP contribution is -2.41. The highest BCUT2D eigenvalue weighted by Crippen LogP contribution is 2.27. The number of hydrogen-bond donors (Lipinski definition) is 1. The molecule has 0 spiro atoms. The van der Waals surface area contributed by atoms with E-state index in [4.69, 9.17) is 5.73 Å². The molecule has 2 N–H and O–H groups in total. The number of nitrogens with zero attached hydrogens (tertiary/aromatic N) is 4. The van der Waals surface area contributed by atoms with Crippen LogP contribution >= 0.6 is 0 Å². The fourth-order valence-electron chi connectivity index (χ4n) is 3.91. The largest absolute Gasteiger partial charge is 0.383 e. The van der Waals surface area contributed by atoms with Crippen LogP contribution in [-0.4, -0.2) is 38.4 Å². The van der Waals surface area contributed by atoms with Crippen molar-refractivity contribution in [2.75, 3.05) is 18.8 Å². The number of aryl methyl sites for hydroxylation is 1. The molecule has 0 aliphatic carbocycles. The van der Waals surface area contributed by atoms with Crippen LogP contribution in [0.1, 0.15) is 28.9 Å². The number of benzene rings is 1. The molecule has 0 bridgehead atoms. The second-order valence-corrected chi connectivity index (χ2v) is 7.49. The molecule has 1 atom stereocenters. The summed E-state index contributed by atoms with van der Waals surface area (Å²) in [7, 11) is 0. The third-order valence-electron chi connectivity index (χ3n) is 5.32. The fourth-order valence-corrected chi connectivity index (χ4v) is 3.91. The molecule has 1 aromatic carbocycles. The molecule has 144 valence electrons. The summed E-state index contributed by atoms with van der Waals surface area (Å²) in [6.07, 6.45) is 7.77. The first-order chi connectivity index (χ1) is 13.6. The Hall–Kier alpha value is -3.15. The molecular formula is C22H25N5O. The van der Waals surface area contributed by atoms with E-state index in [1.807, 2.05) is 60.7 Å². The van der Waals surface area contributed by atoms with E-state index < -0.39 is 0 Å². The number of carbonyl (C=O) groups excluding carboxylic acids is 1. The zero-order valence-corrected chi connectivity index (χ0v) is 16.1. The lowest BCUT2D eigenvalue weighted by molar-refractivity contribution is 0.0662. The molecule has 4 rings (SSSR count). The molecule has 1 unspecified atom stereocenters. The number of aromatic nitrogens is 3. The van der Waals surface area contributed by atoms with Gasteiger partial charge >= 0.3 is 0 Å². The van der Waals surface area contributed by atoms with Crippen molar-refractivity contribution in [3.8, 4) is 11.1 Å². The molecule has 6 nitrogen and oxygen atoms in total. The van der Waals surface area contributed by atoms with Gasteiger partial charge in [0.1, 0.15) is 5.82 Å². The van der Waals surface area contributed by atoms with Crippen molar-refractivity contribution in [1.29, 1.82) is 0 Å². The summed E-state index contributed by atoms with van der Waals surface area (Å²) in [6.45, 7) is 4.39. The average molecular weight is 375 g/mol. The zero-order valence-electron chi connectivity index (χ0n) is 16.1. The lowest BCUT2D eigenvalue weighted by atomic mass is 9.96. The maximum Gasteiger partial charge on any atom is 0.253 e. The van der Waals surface area contributed by atoms with E-state index in [-0.39, 0.29) is 5.91 Å². The number of hydrogen-bond acceptors (Lipinski definition) is 4. The summed E-state index contributed by atoms with van der Waals surface area (Å²) in [5, 5.41) is 0. The number of anilines is 1. The van der Waals surface area contributed by atoms with E-state index in [0.717, 1.165) is 49.3 Å². The third kappa shape index (κ3) is 3.91. The van der Waals surface area contributed by atoms with Gasteiger partial charge in [-0.15, -0.1) is 0 Å². The van der Waals surface area contributed by atoms with Crippen molar-refractivity contribution in [2.24, 2.45) is 5.92 Å². The van der Waals surface area contributed by atoms with E-state index in [1.54, 1.807) is 6.20 Å². The highest BCUT2D eigenvalue weighted by molar-refractivity contribution is 5.96. The van der Waals surface area contributed by atoms with Crippen LogP contribution in [0.2, 0.25) is 0 Å². The Morgan fingerprint density at radius 3 is 2.96 bits per heavy atom. The van der Waals surface area contributed by atoms with E-state index in [1.165, 1.54) is 0 Å². The van der Waals surface area contributed by atoms with E-state index in [0.29, 0.717) is 17.3 Å². The van der Waals surface area contributed by atoms with Gasteiger partial charge in [-0.2, -0.15) is 0 Å². The number of piperidine rings is 1. The van der Waals surface area contributed by atoms with Crippen LogP contribution in [0.4, 0.5) is 5.82 Å². The Kier molecular flexibility index (Phi) is 5.10. The molecule has 0 saturated carbocycles. The van der Waals surface area contributed by atoms with Crippen molar-refractivity contribution in [1.82, 2.24) is 19.4 Å². The Balaban J connectivity index is 1.51. The van der Waals surface area contributed by atoms with Gasteiger partial charge in [0.15, 0.2) is 0 Å². The molecular weight excluding hydrogens is 350 g/mol. The van der Waals surface area contributed by atoms with Gasteiger partial charge in [0.2, 0.25) is 0 Å². The molecule has 1 amide bonds. The Morgan fingerprint density at radius 2 is 2.18 bits per heavy atom. The molecule has 1 saturated heterocycles. The van der Waals surface area contributed by atoms with Gasteiger partial charge in [-0.3, -0.25) is 4.79 Å². The lowest BCUT2D eigenvalue weighted by Gasteiger charge is -2.33. The Bertz CT molecular complexity index is 967. The molecule has 1 fully saturated rings. The van der Waals surface area contributed by atoms with Crippen LogP contribution in [0.3, 0.4) is 0 Å². The summed E-state index contributed by atoms with van der Waals surface area (Å²) in [4.78, 5) is 23.5. The summed E-state index contributed by atoms with van der Waals surface area (Å²) in [6, 6.07) is 11.6. The third-order valence-corrected chi connectivity index (χ3v) is 5.32. The fraction of sp³-hybridized carbons (Fsp3) is 0.318. The summed E-state index contributed by atoms with van der Waals surface area (Å²) >= 11 is 0. The van der Waals surface area contributed by atoms with Gasteiger partial charge in [0, 0.05) is 48.8 Å². The number of carbonyl (C=O) groups is 1. The Labute approximate surface area is 165 Å². The quantitative estimate of drug-likeness (QED) is 0.758. The number of nitrogen functional groups attached to an aromatic ring is 1. The first-order valence-electron chi connectivity index (χ1n) is 9.69. The van der Waals surface area contributed by atoms with Crippen LogP contribution in [-0.2, 0) is 6.54 Å². The van der Waals surface area contributed by atoms with Gasteiger partial charge in [0.05, 0.1) is 6.33 Å². The first-order valence-corrected chi connectivity index (χ1v) is 9.69. The normalized spacial score (nSPS) is 16.9. The second kappa shape index (κ2) is 7.84. The zero-order chi connectivity index (χ0) is 19.5. The molecule has 0 radical (unpaired) electrons. The standard InChI is InChI=1S/C22H25N5O/c1-16-7-8-20(21(23)25-16)18-5-2-6-19(12-18)22(28)27-10-3-4-17(14-27)13-26-11-9-24-15-26/h2,5-9,11-12,15,17H,3-4,10,13-14H2,1H3,(H2,23,25). The molecule has 3 aromatic rings.